The van der Waals surface area contributed by atoms with E-state index in [4.69, 9.17) is 4.74 Å². The van der Waals surface area contributed by atoms with Crippen LogP contribution in [0.3, 0.4) is 0 Å². The van der Waals surface area contributed by atoms with E-state index < -0.39 is 0 Å². The van der Waals surface area contributed by atoms with E-state index >= 15 is 0 Å². The van der Waals surface area contributed by atoms with Crippen LogP contribution >= 0.6 is 11.8 Å². The first-order valence-electron chi connectivity index (χ1n) is 7.42. The van der Waals surface area contributed by atoms with Gasteiger partial charge in [-0.25, -0.2) is 0 Å². The Hall–Kier alpha value is -1.29. The van der Waals surface area contributed by atoms with E-state index in [1.54, 1.807) is 11.8 Å². The highest BCUT2D eigenvalue weighted by atomic mass is 32.2. The first-order chi connectivity index (χ1) is 10.4. The van der Waals surface area contributed by atoms with Crippen molar-refractivity contribution in [2.75, 3.05) is 19.3 Å². The summed E-state index contributed by atoms with van der Waals surface area (Å²) >= 11 is 1.79. The molecule has 0 saturated carbocycles. The Morgan fingerprint density at radius 1 is 1.10 bits per heavy atom. The molecule has 0 unspecified atom stereocenters. The van der Waals surface area contributed by atoms with Gasteiger partial charge < -0.3 is 10.1 Å². The normalized spacial score (nSPS) is 18.0. The molecule has 0 aliphatic carbocycles. The van der Waals surface area contributed by atoms with Gasteiger partial charge in [0.25, 0.3) is 0 Å². The van der Waals surface area contributed by atoms with Crippen molar-refractivity contribution in [1.29, 1.82) is 0 Å². The second kappa shape index (κ2) is 7.12. The third-order valence-electron chi connectivity index (χ3n) is 3.90. The molecular formula is C18H21NOS. The van der Waals surface area contributed by atoms with Crippen LogP contribution in [0.25, 0.3) is 11.1 Å². The maximum Gasteiger partial charge on any atom is 0.0727 e. The van der Waals surface area contributed by atoms with Crippen LogP contribution in [0.4, 0.5) is 0 Å². The molecule has 1 fully saturated rings. The molecule has 2 nitrogen and oxygen atoms in total. The first-order valence-corrected chi connectivity index (χ1v) is 8.64. The molecule has 1 heterocycles. The number of rotatable bonds is 5. The van der Waals surface area contributed by atoms with E-state index in [0.717, 1.165) is 19.5 Å². The van der Waals surface area contributed by atoms with Gasteiger partial charge in [0.1, 0.15) is 0 Å². The molecule has 1 aliphatic heterocycles. The number of nitrogens with one attached hydrogen (secondary N) is 1. The van der Waals surface area contributed by atoms with Gasteiger partial charge >= 0.3 is 0 Å². The highest BCUT2D eigenvalue weighted by molar-refractivity contribution is 7.98. The Bertz CT molecular complexity index is 593. The Morgan fingerprint density at radius 3 is 2.62 bits per heavy atom. The third-order valence-corrected chi connectivity index (χ3v) is 4.70. The van der Waals surface area contributed by atoms with Gasteiger partial charge in [-0.05, 0) is 42.0 Å². The number of hydrogen-bond donors (Lipinski definition) is 1. The van der Waals surface area contributed by atoms with Crippen LogP contribution < -0.4 is 5.32 Å². The lowest BCUT2D eigenvalue weighted by Gasteiger charge is -2.15. The predicted octanol–water partition coefficient (Wildman–Crippen LogP) is 3.95. The lowest BCUT2D eigenvalue weighted by Crippen LogP contribution is -2.16. The molecule has 1 aliphatic rings. The average molecular weight is 299 g/mol. The lowest BCUT2D eigenvalue weighted by molar-refractivity contribution is 0.0545. The van der Waals surface area contributed by atoms with Gasteiger partial charge in [-0.1, -0.05) is 42.5 Å². The zero-order valence-electron chi connectivity index (χ0n) is 12.3. The van der Waals surface area contributed by atoms with Gasteiger partial charge in [0.15, 0.2) is 0 Å². The van der Waals surface area contributed by atoms with Crippen molar-refractivity contribution in [3.63, 3.8) is 0 Å². The molecule has 0 aromatic heterocycles. The lowest BCUT2D eigenvalue weighted by atomic mass is 10.00. The number of ether oxygens (including phenoxy) is 1. The maximum atomic E-state index is 6.06. The van der Waals surface area contributed by atoms with Crippen molar-refractivity contribution >= 4 is 11.8 Å². The topological polar surface area (TPSA) is 21.3 Å². The van der Waals surface area contributed by atoms with Gasteiger partial charge in [0, 0.05) is 11.4 Å². The molecule has 0 bridgehead atoms. The predicted molar refractivity (Wildman–Crippen MR) is 89.7 cm³/mol. The summed E-state index contributed by atoms with van der Waals surface area (Å²) in [5.74, 6) is 0. The van der Waals surface area contributed by atoms with E-state index in [1.165, 1.54) is 21.6 Å². The molecule has 1 atom stereocenters. The van der Waals surface area contributed by atoms with Gasteiger partial charge in [0.05, 0.1) is 12.7 Å². The Labute approximate surface area is 130 Å². The zero-order valence-corrected chi connectivity index (χ0v) is 13.2. The minimum Gasteiger partial charge on any atom is -0.372 e. The van der Waals surface area contributed by atoms with Crippen LogP contribution in [-0.4, -0.2) is 25.4 Å². The van der Waals surface area contributed by atoms with Crippen LogP contribution in [0.5, 0.6) is 0 Å². The molecule has 0 amide bonds. The molecule has 0 spiro atoms. The van der Waals surface area contributed by atoms with E-state index in [1.807, 2.05) is 0 Å². The zero-order chi connectivity index (χ0) is 14.5. The van der Waals surface area contributed by atoms with E-state index in [2.05, 4.69) is 60.1 Å². The fourth-order valence-electron chi connectivity index (χ4n) is 2.75. The van der Waals surface area contributed by atoms with E-state index in [9.17, 15) is 0 Å². The Kier molecular flexibility index (Phi) is 4.96. The van der Waals surface area contributed by atoms with Crippen molar-refractivity contribution in [3.8, 4) is 11.1 Å². The minimum absolute atomic E-state index is 0.355. The van der Waals surface area contributed by atoms with Crippen molar-refractivity contribution in [1.82, 2.24) is 5.32 Å². The first kappa shape index (κ1) is 14.6. The summed E-state index contributed by atoms with van der Waals surface area (Å²) in [4.78, 5) is 1.31. The minimum atomic E-state index is 0.355. The fourth-order valence-corrected chi connectivity index (χ4v) is 3.37. The Morgan fingerprint density at radius 2 is 1.86 bits per heavy atom. The summed E-state index contributed by atoms with van der Waals surface area (Å²) in [5, 5.41) is 3.34. The molecule has 2 aromatic carbocycles. The summed E-state index contributed by atoms with van der Waals surface area (Å²) in [6.07, 6.45) is 3.60. The standard InChI is InChI=1S/C18H21NOS/c1-21-18-9-5-4-8-17(18)16-7-3-2-6-14(16)13-20-15-10-11-19-12-15/h2-9,15,19H,10-13H2,1H3/t15-/m0/s1. The van der Waals surface area contributed by atoms with Gasteiger partial charge in [-0.15, -0.1) is 11.8 Å². The molecule has 1 N–H and O–H groups in total. The van der Waals surface area contributed by atoms with Crippen LogP contribution in [0.15, 0.2) is 53.4 Å². The SMILES string of the molecule is CSc1ccccc1-c1ccccc1CO[C@H]1CCNC1. The smallest absolute Gasteiger partial charge is 0.0727 e. The quantitative estimate of drug-likeness (QED) is 0.845. The average Bonchev–Trinajstić information content (AvgIpc) is 3.06. The molecule has 2 aromatic rings. The molecule has 110 valence electrons. The van der Waals surface area contributed by atoms with Crippen LogP contribution in [0.1, 0.15) is 12.0 Å². The largest absolute Gasteiger partial charge is 0.372 e. The summed E-state index contributed by atoms with van der Waals surface area (Å²) in [6, 6.07) is 17.1. The molecule has 1 saturated heterocycles. The fraction of sp³-hybridized carbons (Fsp3) is 0.333. The van der Waals surface area contributed by atoms with Crippen molar-refractivity contribution < 1.29 is 4.74 Å². The third kappa shape index (κ3) is 3.49. The van der Waals surface area contributed by atoms with E-state index in [0.29, 0.717) is 12.7 Å². The summed E-state index contributed by atoms with van der Waals surface area (Å²) in [5.41, 5.74) is 3.85. The highest BCUT2D eigenvalue weighted by Crippen LogP contribution is 2.32. The monoisotopic (exact) mass is 299 g/mol. The molecule has 3 heteroatoms. The number of benzene rings is 2. The second-order valence-electron chi connectivity index (χ2n) is 5.28. The molecule has 21 heavy (non-hydrogen) atoms. The number of hydrogen-bond acceptors (Lipinski definition) is 3. The number of thioether (sulfide) groups is 1. The van der Waals surface area contributed by atoms with Crippen molar-refractivity contribution in [3.05, 3.63) is 54.1 Å². The van der Waals surface area contributed by atoms with Crippen LogP contribution in [0.2, 0.25) is 0 Å². The second-order valence-corrected chi connectivity index (χ2v) is 6.13. The van der Waals surface area contributed by atoms with Crippen LogP contribution in [0, 0.1) is 0 Å². The van der Waals surface area contributed by atoms with Gasteiger partial charge in [-0.2, -0.15) is 0 Å². The van der Waals surface area contributed by atoms with E-state index in [-0.39, 0.29) is 0 Å². The summed E-state index contributed by atoms with van der Waals surface area (Å²) in [7, 11) is 0. The molecular weight excluding hydrogens is 278 g/mol. The summed E-state index contributed by atoms with van der Waals surface area (Å²) < 4.78 is 6.06. The van der Waals surface area contributed by atoms with Gasteiger partial charge in [0.2, 0.25) is 0 Å². The highest BCUT2D eigenvalue weighted by Gasteiger charge is 2.16. The molecule has 3 rings (SSSR count). The van der Waals surface area contributed by atoms with Crippen molar-refractivity contribution in [2.45, 2.75) is 24.0 Å². The molecule has 0 radical (unpaired) electrons. The van der Waals surface area contributed by atoms with Gasteiger partial charge in [-0.3, -0.25) is 0 Å². The summed E-state index contributed by atoms with van der Waals surface area (Å²) in [6.45, 7) is 2.73. The Balaban J connectivity index is 1.84. The maximum absolute atomic E-state index is 6.06. The van der Waals surface area contributed by atoms with Crippen molar-refractivity contribution in [2.24, 2.45) is 0 Å². The van der Waals surface area contributed by atoms with Crippen LogP contribution in [-0.2, 0) is 11.3 Å².